The third kappa shape index (κ3) is 2.18. The molecule has 0 aliphatic carbocycles. The molecule has 1 aromatic carbocycles. The Morgan fingerprint density at radius 2 is 2.05 bits per heavy atom. The fourth-order valence-corrected chi connectivity index (χ4v) is 2.20. The highest BCUT2D eigenvalue weighted by Crippen LogP contribution is 2.19. The summed E-state index contributed by atoms with van der Waals surface area (Å²) in [7, 11) is 0. The van der Waals surface area contributed by atoms with Gasteiger partial charge in [-0.1, -0.05) is 18.2 Å². The number of nitrogens with zero attached hydrogens (tertiary/aromatic N) is 4. The molecule has 4 nitrogen and oxygen atoms in total. The Morgan fingerprint density at radius 1 is 1.20 bits per heavy atom. The van der Waals surface area contributed by atoms with Gasteiger partial charge >= 0.3 is 0 Å². The van der Waals surface area contributed by atoms with Crippen LogP contribution in [0.3, 0.4) is 0 Å². The second-order valence-corrected chi connectivity index (χ2v) is 4.45. The standard InChI is InChI=1S/C15H13FN4/c1-17-9-14-12-6-4-8-18-15(12)20(19-14)10-11-5-2-3-7-13(11)16/h2-8H,1,9-10H2. The third-order valence-electron chi connectivity index (χ3n) is 3.12. The summed E-state index contributed by atoms with van der Waals surface area (Å²) in [6.45, 7) is 4.26. The van der Waals surface area contributed by atoms with E-state index in [2.05, 4.69) is 21.8 Å². The Bertz CT molecular complexity index is 763. The van der Waals surface area contributed by atoms with Crippen molar-refractivity contribution in [3.8, 4) is 0 Å². The average Bonchev–Trinajstić information content (AvgIpc) is 2.81. The van der Waals surface area contributed by atoms with Crippen LogP contribution in [0.2, 0.25) is 0 Å². The quantitative estimate of drug-likeness (QED) is 0.683. The van der Waals surface area contributed by atoms with Crippen molar-refractivity contribution in [1.82, 2.24) is 14.8 Å². The molecule has 0 atom stereocenters. The van der Waals surface area contributed by atoms with E-state index in [1.165, 1.54) is 6.07 Å². The predicted molar refractivity (Wildman–Crippen MR) is 76.3 cm³/mol. The second-order valence-electron chi connectivity index (χ2n) is 4.45. The molecule has 100 valence electrons. The van der Waals surface area contributed by atoms with Crippen molar-refractivity contribution in [1.29, 1.82) is 0 Å². The lowest BCUT2D eigenvalue weighted by molar-refractivity contribution is 0.587. The Labute approximate surface area is 115 Å². The number of rotatable bonds is 4. The molecular weight excluding hydrogens is 255 g/mol. The van der Waals surface area contributed by atoms with Crippen molar-refractivity contribution in [3.63, 3.8) is 0 Å². The monoisotopic (exact) mass is 268 g/mol. The smallest absolute Gasteiger partial charge is 0.158 e. The van der Waals surface area contributed by atoms with Crippen LogP contribution in [0.4, 0.5) is 4.39 Å². The van der Waals surface area contributed by atoms with E-state index in [9.17, 15) is 4.39 Å². The molecule has 0 bridgehead atoms. The van der Waals surface area contributed by atoms with Gasteiger partial charge in [-0.25, -0.2) is 14.1 Å². The van der Waals surface area contributed by atoms with Crippen molar-refractivity contribution in [3.05, 3.63) is 59.7 Å². The van der Waals surface area contributed by atoms with Crippen molar-refractivity contribution in [2.24, 2.45) is 4.99 Å². The minimum Gasteiger partial charge on any atom is -0.294 e. The molecule has 0 amide bonds. The zero-order chi connectivity index (χ0) is 13.9. The molecule has 0 aliphatic rings. The van der Waals surface area contributed by atoms with E-state index in [0.717, 1.165) is 16.7 Å². The Balaban J connectivity index is 2.08. The lowest BCUT2D eigenvalue weighted by Crippen LogP contribution is -2.04. The summed E-state index contributed by atoms with van der Waals surface area (Å²) >= 11 is 0. The first-order chi connectivity index (χ1) is 9.79. The zero-order valence-electron chi connectivity index (χ0n) is 10.8. The summed E-state index contributed by atoms with van der Waals surface area (Å²) in [5.41, 5.74) is 2.12. The van der Waals surface area contributed by atoms with Gasteiger partial charge in [0.25, 0.3) is 0 Å². The lowest BCUT2D eigenvalue weighted by atomic mass is 10.2. The first-order valence-electron chi connectivity index (χ1n) is 6.26. The van der Waals surface area contributed by atoms with E-state index < -0.39 is 0 Å². The number of fused-ring (bicyclic) bond motifs is 1. The van der Waals surface area contributed by atoms with E-state index in [1.54, 1.807) is 23.0 Å². The van der Waals surface area contributed by atoms with E-state index in [4.69, 9.17) is 0 Å². The van der Waals surface area contributed by atoms with Gasteiger partial charge < -0.3 is 0 Å². The normalized spacial score (nSPS) is 10.8. The summed E-state index contributed by atoms with van der Waals surface area (Å²) in [6, 6.07) is 10.5. The maximum Gasteiger partial charge on any atom is 0.158 e. The van der Waals surface area contributed by atoms with Gasteiger partial charge in [-0.15, -0.1) is 0 Å². The molecule has 0 unspecified atom stereocenters. The Morgan fingerprint density at radius 3 is 2.85 bits per heavy atom. The number of pyridine rings is 1. The number of hydrogen-bond acceptors (Lipinski definition) is 3. The maximum absolute atomic E-state index is 13.7. The fraction of sp³-hybridized carbons (Fsp3) is 0.133. The van der Waals surface area contributed by atoms with Gasteiger partial charge in [0.05, 0.1) is 18.8 Å². The molecule has 3 rings (SSSR count). The molecule has 0 fully saturated rings. The largest absolute Gasteiger partial charge is 0.294 e. The van der Waals surface area contributed by atoms with E-state index >= 15 is 0 Å². The Kier molecular flexibility index (Phi) is 3.25. The van der Waals surface area contributed by atoms with Gasteiger partial charge in [0, 0.05) is 17.1 Å². The molecule has 5 heteroatoms. The Hall–Kier alpha value is -2.56. The summed E-state index contributed by atoms with van der Waals surface area (Å²) in [5.74, 6) is -0.240. The molecule has 0 spiro atoms. The van der Waals surface area contributed by atoms with Crippen LogP contribution in [0.5, 0.6) is 0 Å². The molecule has 0 saturated carbocycles. The maximum atomic E-state index is 13.7. The van der Waals surface area contributed by atoms with Crippen LogP contribution in [-0.2, 0) is 13.1 Å². The first-order valence-corrected chi connectivity index (χ1v) is 6.26. The lowest BCUT2D eigenvalue weighted by Gasteiger charge is -2.04. The number of aliphatic imine (C=N–C) groups is 1. The third-order valence-corrected chi connectivity index (χ3v) is 3.12. The molecule has 0 radical (unpaired) electrons. The highest BCUT2D eigenvalue weighted by molar-refractivity contribution is 5.78. The van der Waals surface area contributed by atoms with Crippen LogP contribution < -0.4 is 0 Å². The minimum absolute atomic E-state index is 0.240. The van der Waals surface area contributed by atoms with E-state index in [1.807, 2.05) is 18.2 Å². The molecular formula is C15H13FN4. The molecule has 0 aliphatic heterocycles. The van der Waals surface area contributed by atoms with Gasteiger partial charge in [-0.3, -0.25) is 4.99 Å². The van der Waals surface area contributed by atoms with Gasteiger partial charge in [-0.2, -0.15) is 5.10 Å². The van der Waals surface area contributed by atoms with Crippen LogP contribution in [0.15, 0.2) is 47.6 Å². The highest BCUT2D eigenvalue weighted by Gasteiger charge is 2.12. The van der Waals surface area contributed by atoms with Gasteiger partial charge in [-0.05, 0) is 24.9 Å². The van der Waals surface area contributed by atoms with Crippen LogP contribution in [-0.4, -0.2) is 21.5 Å². The van der Waals surface area contributed by atoms with Gasteiger partial charge in [0.2, 0.25) is 0 Å². The van der Waals surface area contributed by atoms with Crippen molar-refractivity contribution >= 4 is 17.8 Å². The number of aromatic nitrogens is 3. The van der Waals surface area contributed by atoms with Gasteiger partial charge in [0.15, 0.2) is 5.65 Å². The van der Waals surface area contributed by atoms with Crippen molar-refractivity contribution in [2.75, 3.05) is 0 Å². The van der Waals surface area contributed by atoms with Crippen LogP contribution in [0.1, 0.15) is 11.3 Å². The average molecular weight is 268 g/mol. The SMILES string of the molecule is C=NCc1nn(Cc2ccccc2F)c2ncccc12. The van der Waals surface area contributed by atoms with Crippen LogP contribution in [0, 0.1) is 5.82 Å². The summed E-state index contributed by atoms with van der Waals surface area (Å²) in [4.78, 5) is 8.19. The summed E-state index contributed by atoms with van der Waals surface area (Å²) in [6.07, 6.45) is 1.70. The minimum atomic E-state index is -0.240. The molecule has 0 saturated heterocycles. The number of hydrogen-bond donors (Lipinski definition) is 0. The predicted octanol–water partition coefficient (Wildman–Crippen LogP) is 2.82. The zero-order valence-corrected chi connectivity index (χ0v) is 10.8. The van der Waals surface area contributed by atoms with Crippen LogP contribution >= 0.6 is 0 Å². The van der Waals surface area contributed by atoms with E-state index in [-0.39, 0.29) is 5.82 Å². The topological polar surface area (TPSA) is 43.1 Å². The first kappa shape index (κ1) is 12.5. The van der Waals surface area contributed by atoms with E-state index in [0.29, 0.717) is 18.7 Å². The summed E-state index contributed by atoms with van der Waals surface area (Å²) < 4.78 is 15.4. The highest BCUT2D eigenvalue weighted by atomic mass is 19.1. The molecule has 2 aromatic heterocycles. The van der Waals surface area contributed by atoms with Crippen LogP contribution in [0.25, 0.3) is 11.0 Å². The number of halogens is 1. The van der Waals surface area contributed by atoms with Crippen molar-refractivity contribution in [2.45, 2.75) is 13.1 Å². The molecule has 2 heterocycles. The van der Waals surface area contributed by atoms with Crippen molar-refractivity contribution < 1.29 is 4.39 Å². The summed E-state index contributed by atoms with van der Waals surface area (Å²) in [5, 5.41) is 5.40. The second kappa shape index (κ2) is 5.21. The molecule has 20 heavy (non-hydrogen) atoms. The molecule has 3 aromatic rings. The number of benzene rings is 1. The molecule has 0 N–H and O–H groups in total. The van der Waals surface area contributed by atoms with Gasteiger partial charge in [0.1, 0.15) is 5.82 Å². The fourth-order valence-electron chi connectivity index (χ4n) is 2.20.